The van der Waals surface area contributed by atoms with Crippen molar-refractivity contribution in [1.82, 2.24) is 0 Å². The van der Waals surface area contributed by atoms with E-state index in [9.17, 15) is 19.5 Å². The maximum Gasteiger partial charge on any atom is 0.305 e. The molecule has 8 heteroatoms. The number of nitrogens with zero attached hydrogens (tertiary/aromatic N) is 1. The first-order valence-corrected chi connectivity index (χ1v) is 11.7. The molecule has 186 valence electrons. The molecule has 3 N–H and O–H groups in total. The third-order valence-corrected chi connectivity index (χ3v) is 6.18. The summed E-state index contributed by atoms with van der Waals surface area (Å²) >= 11 is 0. The fraction of sp³-hybridized carbons (Fsp3) is 0.370. The summed E-state index contributed by atoms with van der Waals surface area (Å²) in [4.78, 5) is 39.1. The van der Waals surface area contributed by atoms with Gasteiger partial charge >= 0.3 is 5.97 Å². The van der Waals surface area contributed by atoms with Crippen LogP contribution >= 0.6 is 0 Å². The van der Waals surface area contributed by atoms with Crippen molar-refractivity contribution in [2.75, 3.05) is 30.5 Å². The molecule has 8 nitrogen and oxygen atoms in total. The van der Waals surface area contributed by atoms with E-state index in [-0.39, 0.29) is 24.9 Å². The molecule has 0 radical (unpaired) electrons. The maximum absolute atomic E-state index is 13.5. The monoisotopic (exact) mass is 480 g/mol. The molecule has 0 bridgehead atoms. The van der Waals surface area contributed by atoms with Gasteiger partial charge in [-0.15, -0.1) is 0 Å². The van der Waals surface area contributed by atoms with Crippen LogP contribution < -0.4 is 10.2 Å². The Morgan fingerprint density at radius 3 is 2.60 bits per heavy atom. The Kier molecular flexibility index (Phi) is 8.78. The predicted molar refractivity (Wildman–Crippen MR) is 133 cm³/mol. The number of ether oxygens (including phenoxy) is 1. The Labute approximate surface area is 205 Å². The molecular weight excluding hydrogens is 448 g/mol. The van der Waals surface area contributed by atoms with Gasteiger partial charge in [-0.25, -0.2) is 0 Å². The minimum atomic E-state index is -1.84. The second kappa shape index (κ2) is 11.8. The molecule has 0 saturated carbocycles. The number of benzene rings is 2. The van der Waals surface area contributed by atoms with Gasteiger partial charge in [0.05, 0.1) is 12.8 Å². The number of carbonyl (C=O) groups is 3. The Morgan fingerprint density at radius 1 is 1.17 bits per heavy atom. The van der Waals surface area contributed by atoms with Gasteiger partial charge in [-0.05, 0) is 49.6 Å². The van der Waals surface area contributed by atoms with E-state index in [1.54, 1.807) is 61.5 Å². The number of aliphatic hydroxyl groups excluding tert-OH is 1. The van der Waals surface area contributed by atoms with E-state index < -0.39 is 17.4 Å². The lowest BCUT2D eigenvalue weighted by atomic mass is 9.82. The highest BCUT2D eigenvalue weighted by molar-refractivity contribution is 6.09. The van der Waals surface area contributed by atoms with Crippen LogP contribution in [0.3, 0.4) is 0 Å². The molecular formula is C27H32N2O6. The van der Waals surface area contributed by atoms with E-state index in [0.29, 0.717) is 48.3 Å². The van der Waals surface area contributed by atoms with Gasteiger partial charge in [0.25, 0.3) is 11.8 Å². The van der Waals surface area contributed by atoms with Crippen molar-refractivity contribution < 1.29 is 29.3 Å². The van der Waals surface area contributed by atoms with E-state index in [4.69, 9.17) is 5.11 Å². The van der Waals surface area contributed by atoms with Gasteiger partial charge in [0, 0.05) is 42.3 Å². The van der Waals surface area contributed by atoms with Crippen LogP contribution in [0, 0.1) is 5.92 Å². The Balaban J connectivity index is 1.89. The van der Waals surface area contributed by atoms with Crippen molar-refractivity contribution in [2.45, 2.75) is 38.2 Å². The smallest absolute Gasteiger partial charge is 0.305 e. The van der Waals surface area contributed by atoms with E-state index in [1.807, 2.05) is 6.07 Å². The molecule has 2 aromatic carbocycles. The largest absolute Gasteiger partial charge is 0.469 e. The highest BCUT2D eigenvalue weighted by Crippen LogP contribution is 2.46. The number of aliphatic hydroxyl groups is 2. The van der Waals surface area contributed by atoms with E-state index >= 15 is 0 Å². The standard InChI is InChI=1S/C27H32N2O6/c1-19(10-7-9-17-30)27(34)22-18-21(28-25(32)20-11-4-3-5-12-20)14-15-23(22)29(26(27)33)16-8-6-13-24(31)35-2/h3-5,7,10-12,14-15,18-19,30,34H,6,8-9,13,16-17H2,1-2H3,(H,28,32)/b10-7+/t19-,27+/m0/s1. The van der Waals surface area contributed by atoms with Gasteiger partial charge in [-0.2, -0.15) is 0 Å². The topological polar surface area (TPSA) is 116 Å². The molecule has 2 atom stereocenters. The molecule has 0 unspecified atom stereocenters. The molecule has 0 aromatic heterocycles. The number of fused-ring (bicyclic) bond motifs is 1. The number of methoxy groups -OCH3 is 1. The van der Waals surface area contributed by atoms with Crippen LogP contribution in [0.1, 0.15) is 48.5 Å². The molecule has 1 heterocycles. The fourth-order valence-corrected chi connectivity index (χ4v) is 4.20. The zero-order valence-electron chi connectivity index (χ0n) is 20.1. The molecule has 2 aromatic rings. The normalized spacial score (nSPS) is 17.9. The molecule has 0 fully saturated rings. The van der Waals surface area contributed by atoms with Gasteiger partial charge in [0.15, 0.2) is 5.60 Å². The number of hydrogen-bond donors (Lipinski definition) is 3. The number of amides is 2. The number of hydrogen-bond acceptors (Lipinski definition) is 6. The molecule has 35 heavy (non-hydrogen) atoms. The second-order valence-electron chi connectivity index (χ2n) is 8.54. The van der Waals surface area contributed by atoms with Crippen LogP contribution in [-0.4, -0.2) is 48.3 Å². The molecule has 1 aliphatic rings. The summed E-state index contributed by atoms with van der Waals surface area (Å²) < 4.78 is 4.67. The van der Waals surface area contributed by atoms with Crippen molar-refractivity contribution in [3.05, 3.63) is 71.8 Å². The summed E-state index contributed by atoms with van der Waals surface area (Å²) in [5.41, 5.74) is 0.0878. The highest BCUT2D eigenvalue weighted by atomic mass is 16.5. The van der Waals surface area contributed by atoms with Gasteiger partial charge in [-0.3, -0.25) is 14.4 Å². The number of unbranched alkanes of at least 4 members (excludes halogenated alkanes) is 1. The minimum absolute atomic E-state index is 0.0336. The van der Waals surface area contributed by atoms with Gasteiger partial charge < -0.3 is 25.2 Å². The van der Waals surface area contributed by atoms with Crippen molar-refractivity contribution in [1.29, 1.82) is 0 Å². The number of esters is 1. The van der Waals surface area contributed by atoms with Crippen LogP contribution in [0.5, 0.6) is 0 Å². The van der Waals surface area contributed by atoms with Crippen molar-refractivity contribution in [2.24, 2.45) is 5.92 Å². The predicted octanol–water partition coefficient (Wildman–Crippen LogP) is 3.39. The van der Waals surface area contributed by atoms with E-state index in [1.165, 1.54) is 12.0 Å². The third kappa shape index (κ3) is 5.78. The van der Waals surface area contributed by atoms with Crippen LogP contribution in [0.4, 0.5) is 11.4 Å². The molecule has 2 amide bonds. The number of nitrogens with one attached hydrogen (secondary N) is 1. The lowest BCUT2D eigenvalue weighted by Crippen LogP contribution is -2.44. The lowest BCUT2D eigenvalue weighted by Gasteiger charge is -2.28. The van der Waals surface area contributed by atoms with Gasteiger partial charge in [0.1, 0.15) is 0 Å². The Hall–Kier alpha value is -3.49. The van der Waals surface area contributed by atoms with Crippen LogP contribution in [0.25, 0.3) is 0 Å². The summed E-state index contributed by atoms with van der Waals surface area (Å²) in [6.45, 7) is 2.04. The van der Waals surface area contributed by atoms with Crippen LogP contribution in [0.15, 0.2) is 60.7 Å². The van der Waals surface area contributed by atoms with Crippen LogP contribution in [-0.2, 0) is 19.9 Å². The van der Waals surface area contributed by atoms with Crippen molar-refractivity contribution >= 4 is 29.2 Å². The summed E-state index contributed by atoms with van der Waals surface area (Å²) in [5, 5.41) is 23.6. The molecule has 0 saturated heterocycles. The minimum Gasteiger partial charge on any atom is -0.469 e. The van der Waals surface area contributed by atoms with Crippen molar-refractivity contribution in [3.63, 3.8) is 0 Å². The summed E-state index contributed by atoms with van der Waals surface area (Å²) in [6, 6.07) is 13.8. The second-order valence-corrected chi connectivity index (χ2v) is 8.54. The van der Waals surface area contributed by atoms with Crippen LogP contribution in [0.2, 0.25) is 0 Å². The summed E-state index contributed by atoms with van der Waals surface area (Å²) in [5.74, 6) is -1.65. The highest BCUT2D eigenvalue weighted by Gasteiger charge is 2.52. The molecule has 0 spiro atoms. The summed E-state index contributed by atoms with van der Waals surface area (Å²) in [7, 11) is 1.34. The molecule has 1 aliphatic heterocycles. The van der Waals surface area contributed by atoms with E-state index in [0.717, 1.165) is 0 Å². The lowest BCUT2D eigenvalue weighted by molar-refractivity contribution is -0.140. The maximum atomic E-state index is 13.5. The number of rotatable bonds is 11. The Morgan fingerprint density at radius 2 is 1.91 bits per heavy atom. The number of anilines is 2. The zero-order valence-corrected chi connectivity index (χ0v) is 20.1. The first-order valence-electron chi connectivity index (χ1n) is 11.7. The quantitative estimate of drug-likeness (QED) is 0.258. The summed E-state index contributed by atoms with van der Waals surface area (Å²) in [6.07, 6.45) is 5.20. The first-order chi connectivity index (χ1) is 16.8. The average molecular weight is 481 g/mol. The third-order valence-electron chi connectivity index (χ3n) is 6.18. The number of carbonyl (C=O) groups excluding carboxylic acids is 3. The SMILES string of the molecule is COC(=O)CCCCN1C(=O)[C@@](O)([C@@H](C)/C=C/CCO)c2cc(NC(=O)c3ccccc3)ccc21. The zero-order chi connectivity index (χ0) is 25.4. The van der Waals surface area contributed by atoms with Crippen molar-refractivity contribution in [3.8, 4) is 0 Å². The van der Waals surface area contributed by atoms with Gasteiger partial charge in [-0.1, -0.05) is 37.3 Å². The molecule has 3 rings (SSSR count). The molecule has 0 aliphatic carbocycles. The average Bonchev–Trinajstić information content (AvgIpc) is 3.09. The van der Waals surface area contributed by atoms with Gasteiger partial charge in [0.2, 0.25) is 0 Å². The fourth-order valence-electron chi connectivity index (χ4n) is 4.20. The first kappa shape index (κ1) is 26.1. The van der Waals surface area contributed by atoms with E-state index in [2.05, 4.69) is 10.1 Å². The Bertz CT molecular complexity index is 1080.